The van der Waals surface area contributed by atoms with E-state index in [4.69, 9.17) is 42.1 Å². The average Bonchev–Trinajstić information content (AvgIpc) is 3.86. The van der Waals surface area contributed by atoms with Crippen LogP contribution in [-0.2, 0) is 19.1 Å². The Morgan fingerprint density at radius 1 is 0.571 bits per heavy atom. The Labute approximate surface area is 336 Å². The highest BCUT2D eigenvalue weighted by molar-refractivity contribution is 6.30. The van der Waals surface area contributed by atoms with Crippen LogP contribution in [0.25, 0.3) is 0 Å². The number of hydrogen-bond donors (Lipinski definition) is 0. The summed E-state index contributed by atoms with van der Waals surface area (Å²) in [7, 11) is 0. The third kappa shape index (κ3) is 7.17. The normalized spacial score (nSPS) is 23.4. The van der Waals surface area contributed by atoms with Crippen LogP contribution in [0, 0.1) is 0 Å². The summed E-state index contributed by atoms with van der Waals surface area (Å²) in [5.41, 5.74) is -0.0745. The van der Waals surface area contributed by atoms with Crippen LogP contribution in [0.1, 0.15) is 98.1 Å². The van der Waals surface area contributed by atoms with E-state index in [9.17, 15) is 19.2 Å². The number of esters is 2. The summed E-state index contributed by atoms with van der Waals surface area (Å²) in [6.07, 6.45) is 4.17. The van der Waals surface area contributed by atoms with Crippen molar-refractivity contribution in [3.05, 3.63) is 153 Å². The third-order valence-corrected chi connectivity index (χ3v) is 10.6. The Kier molecular flexibility index (Phi) is 10.0. The number of hydrogen-bond acceptors (Lipinski definition) is 8. The largest absolute Gasteiger partial charge is 0.477 e. The molecular formula is C46H42Cl2O8. The number of ether oxygens (including phenoxy) is 4. The van der Waals surface area contributed by atoms with Crippen LogP contribution >= 0.6 is 23.2 Å². The smallest absolute Gasteiger partial charge is 0.335 e. The number of halogens is 2. The third-order valence-electron chi connectivity index (χ3n) is 10.1. The molecule has 56 heavy (non-hydrogen) atoms. The van der Waals surface area contributed by atoms with Crippen LogP contribution < -0.4 is 9.47 Å². The Hall–Kier alpha value is -5.18. The van der Waals surface area contributed by atoms with Gasteiger partial charge in [-0.25, -0.2) is 9.59 Å². The number of fused-ring (bicyclic) bond motifs is 2. The molecule has 4 atom stereocenters. The first-order valence-corrected chi connectivity index (χ1v) is 19.2. The maximum atomic E-state index is 13.4. The number of carbonyl (C=O) groups is 4. The summed E-state index contributed by atoms with van der Waals surface area (Å²) >= 11 is 12.1. The van der Waals surface area contributed by atoms with Crippen LogP contribution in [0.4, 0.5) is 0 Å². The Morgan fingerprint density at radius 2 is 0.911 bits per heavy atom. The summed E-state index contributed by atoms with van der Waals surface area (Å²) in [6, 6.07) is 28.7. The molecule has 8 nitrogen and oxygen atoms in total. The van der Waals surface area contributed by atoms with Gasteiger partial charge in [0.15, 0.2) is 11.2 Å². The zero-order valence-corrected chi connectivity index (χ0v) is 33.5. The van der Waals surface area contributed by atoms with Gasteiger partial charge in [0, 0.05) is 34.0 Å². The molecule has 0 fully saturated rings. The molecule has 2 aliphatic heterocycles. The number of benzene rings is 4. The fraction of sp³-hybridized carbons (Fsp3) is 0.304. The lowest BCUT2D eigenvalue weighted by atomic mass is 9.77. The molecule has 4 aromatic carbocycles. The SMILES string of the molecule is CC(C)(C)OC(=O)C1=CC[C@@]2(Oc3ccccc3C2=O)[C@H]1c1ccc(Cl)cc1.CC(C)(C)OC(=O)C1=CC[C@@]2(Oc3ccccc3C2=O)[C@H]1c1ccc(Cl)cc1. The van der Waals surface area contributed by atoms with E-state index < -0.39 is 46.2 Å². The number of Topliss-reactive ketones (excluding diaryl/α,β-unsaturated/α-hetero) is 2. The van der Waals surface area contributed by atoms with E-state index in [1.807, 2.05) is 90.1 Å². The van der Waals surface area contributed by atoms with Crippen LogP contribution in [0.5, 0.6) is 11.5 Å². The molecule has 0 radical (unpaired) electrons. The van der Waals surface area contributed by atoms with Gasteiger partial charge >= 0.3 is 11.9 Å². The van der Waals surface area contributed by atoms with E-state index in [-0.39, 0.29) is 11.6 Å². The first kappa shape index (κ1) is 39.1. The van der Waals surface area contributed by atoms with Crippen molar-refractivity contribution in [2.45, 2.75) is 88.6 Å². The maximum Gasteiger partial charge on any atom is 0.335 e. The second-order valence-corrected chi connectivity index (χ2v) is 17.2. The quantitative estimate of drug-likeness (QED) is 0.188. The predicted molar refractivity (Wildman–Crippen MR) is 214 cm³/mol. The summed E-state index contributed by atoms with van der Waals surface area (Å²) < 4.78 is 23.7. The summed E-state index contributed by atoms with van der Waals surface area (Å²) in [5.74, 6) is -1.14. The van der Waals surface area contributed by atoms with Crippen molar-refractivity contribution < 1.29 is 38.1 Å². The van der Waals surface area contributed by atoms with Crippen molar-refractivity contribution in [2.75, 3.05) is 0 Å². The summed E-state index contributed by atoms with van der Waals surface area (Å²) in [5, 5.41) is 1.17. The van der Waals surface area contributed by atoms with Crippen LogP contribution in [0.2, 0.25) is 10.0 Å². The molecule has 0 saturated carbocycles. The topological polar surface area (TPSA) is 105 Å². The molecule has 4 aliphatic rings. The fourth-order valence-corrected chi connectivity index (χ4v) is 8.11. The fourth-order valence-electron chi connectivity index (χ4n) is 7.86. The first-order chi connectivity index (χ1) is 26.4. The number of rotatable bonds is 4. The van der Waals surface area contributed by atoms with E-state index in [0.29, 0.717) is 56.7 Å². The van der Waals surface area contributed by atoms with Gasteiger partial charge in [0.25, 0.3) is 0 Å². The zero-order chi connectivity index (χ0) is 40.2. The molecule has 8 rings (SSSR count). The Bertz CT molecular complexity index is 2130. The number of para-hydroxylation sites is 2. The molecule has 2 aliphatic carbocycles. The van der Waals surface area contributed by atoms with E-state index >= 15 is 0 Å². The average molecular weight is 794 g/mol. The molecule has 4 aromatic rings. The van der Waals surface area contributed by atoms with Gasteiger partial charge in [-0.3, -0.25) is 9.59 Å². The summed E-state index contributed by atoms with van der Waals surface area (Å²) in [4.78, 5) is 52.7. The molecule has 0 aromatic heterocycles. The molecule has 2 heterocycles. The van der Waals surface area contributed by atoms with E-state index in [2.05, 4.69) is 0 Å². The number of carbonyl (C=O) groups excluding carboxylic acids is 4. The van der Waals surface area contributed by atoms with Gasteiger partial charge in [0.05, 0.1) is 23.0 Å². The monoisotopic (exact) mass is 792 g/mol. The van der Waals surface area contributed by atoms with Crippen molar-refractivity contribution >= 4 is 46.7 Å². The Morgan fingerprint density at radius 3 is 1.23 bits per heavy atom. The highest BCUT2D eigenvalue weighted by Gasteiger charge is 2.60. The minimum atomic E-state index is -1.18. The van der Waals surface area contributed by atoms with E-state index in [1.165, 1.54) is 0 Å². The highest BCUT2D eigenvalue weighted by Crippen LogP contribution is 2.54. The summed E-state index contributed by atoms with van der Waals surface area (Å²) in [6.45, 7) is 10.9. The molecule has 10 heteroatoms. The Balaban J connectivity index is 0.000000172. The number of ketones is 2. The van der Waals surface area contributed by atoms with Gasteiger partial charge < -0.3 is 18.9 Å². The van der Waals surface area contributed by atoms with Crippen molar-refractivity contribution in [3.8, 4) is 11.5 Å². The lowest BCUT2D eigenvalue weighted by Crippen LogP contribution is -2.44. The van der Waals surface area contributed by atoms with Gasteiger partial charge in [-0.05, 0) is 101 Å². The van der Waals surface area contributed by atoms with Crippen LogP contribution in [0.15, 0.2) is 120 Å². The molecule has 0 N–H and O–H groups in total. The lowest BCUT2D eigenvalue weighted by molar-refractivity contribution is -0.151. The molecule has 0 bridgehead atoms. The minimum absolute atomic E-state index is 0.113. The lowest BCUT2D eigenvalue weighted by Gasteiger charge is -2.32. The van der Waals surface area contributed by atoms with Gasteiger partial charge in [-0.15, -0.1) is 0 Å². The van der Waals surface area contributed by atoms with E-state index in [1.54, 1.807) is 60.7 Å². The molecule has 2 spiro atoms. The second-order valence-electron chi connectivity index (χ2n) is 16.3. The van der Waals surface area contributed by atoms with Crippen molar-refractivity contribution in [1.29, 1.82) is 0 Å². The first-order valence-electron chi connectivity index (χ1n) is 18.5. The molecule has 0 amide bonds. The van der Waals surface area contributed by atoms with Gasteiger partial charge in [-0.2, -0.15) is 0 Å². The van der Waals surface area contributed by atoms with Crippen molar-refractivity contribution in [3.63, 3.8) is 0 Å². The minimum Gasteiger partial charge on any atom is -0.477 e. The van der Waals surface area contributed by atoms with Crippen LogP contribution in [0.3, 0.4) is 0 Å². The predicted octanol–water partition coefficient (Wildman–Crippen LogP) is 10.2. The maximum absolute atomic E-state index is 13.4. The van der Waals surface area contributed by atoms with Crippen LogP contribution in [-0.4, -0.2) is 45.9 Å². The van der Waals surface area contributed by atoms with Gasteiger partial charge in [0.2, 0.25) is 11.6 Å². The molecule has 288 valence electrons. The molecule has 0 saturated heterocycles. The van der Waals surface area contributed by atoms with Gasteiger partial charge in [0.1, 0.15) is 22.7 Å². The highest BCUT2D eigenvalue weighted by atomic mass is 35.5. The van der Waals surface area contributed by atoms with Crippen molar-refractivity contribution in [2.24, 2.45) is 0 Å². The van der Waals surface area contributed by atoms with E-state index in [0.717, 1.165) is 11.1 Å². The second kappa shape index (κ2) is 14.4. The molecule has 0 unspecified atom stereocenters. The van der Waals surface area contributed by atoms with Gasteiger partial charge in [-0.1, -0.05) is 83.9 Å². The standard InChI is InChI=1S/2C23H21ClO4/c2*1-22(2,3)28-21(26)17-12-13-23(19(17)14-8-10-15(24)11-9-14)20(25)16-6-4-5-7-18(16)27-23/h2*4-12,19H,13H2,1-3H3/t2*19-,23+/m00/s1. The van der Waals surface area contributed by atoms with Crippen molar-refractivity contribution in [1.82, 2.24) is 0 Å². The zero-order valence-electron chi connectivity index (χ0n) is 32.0. The molecular weight excluding hydrogens is 751 g/mol.